The second-order valence-corrected chi connectivity index (χ2v) is 7.58. The predicted molar refractivity (Wildman–Crippen MR) is 68.1 cm³/mol. The Morgan fingerprint density at radius 2 is 1.20 bits per heavy atom. The Bertz CT molecular complexity index is 205. The summed E-state index contributed by atoms with van der Waals surface area (Å²) < 4.78 is 0. The minimum Gasteiger partial charge on any atom is -0.300 e. The summed E-state index contributed by atoms with van der Waals surface area (Å²) in [7, 11) is 0. The molecule has 0 amide bonds. The van der Waals surface area contributed by atoms with Gasteiger partial charge in [0.2, 0.25) is 0 Å². The van der Waals surface area contributed by atoms with Gasteiger partial charge in [0.25, 0.3) is 0 Å². The fourth-order valence-electron chi connectivity index (χ4n) is 3.09. The highest BCUT2D eigenvalue weighted by molar-refractivity contribution is 5.08. The molecule has 1 fully saturated rings. The SMILES string of the molecule is CC(C)N1CC(C(C)(C)C)(C(C)(C)C)C1. The Labute approximate surface area is 96.2 Å². The van der Waals surface area contributed by atoms with Crippen molar-refractivity contribution in [2.75, 3.05) is 13.1 Å². The minimum absolute atomic E-state index is 0.399. The third-order valence-corrected chi connectivity index (χ3v) is 4.55. The molecule has 1 heterocycles. The van der Waals surface area contributed by atoms with Crippen LogP contribution >= 0.6 is 0 Å². The molecule has 0 unspecified atom stereocenters. The van der Waals surface area contributed by atoms with Crippen LogP contribution < -0.4 is 0 Å². The van der Waals surface area contributed by atoms with E-state index in [2.05, 4.69) is 60.3 Å². The van der Waals surface area contributed by atoms with Gasteiger partial charge >= 0.3 is 0 Å². The highest BCUT2D eigenvalue weighted by atomic mass is 15.2. The van der Waals surface area contributed by atoms with E-state index in [0.717, 1.165) is 0 Å². The average molecular weight is 211 g/mol. The van der Waals surface area contributed by atoms with Gasteiger partial charge in [0.05, 0.1) is 0 Å². The topological polar surface area (TPSA) is 3.24 Å². The van der Waals surface area contributed by atoms with Crippen molar-refractivity contribution < 1.29 is 0 Å². The third kappa shape index (κ3) is 1.95. The molecule has 0 aromatic heterocycles. The van der Waals surface area contributed by atoms with Gasteiger partial charge in [-0.1, -0.05) is 41.5 Å². The largest absolute Gasteiger partial charge is 0.300 e. The zero-order valence-corrected chi connectivity index (χ0v) is 11.9. The lowest BCUT2D eigenvalue weighted by atomic mass is 9.50. The molecule has 1 rings (SSSR count). The van der Waals surface area contributed by atoms with E-state index in [0.29, 0.717) is 22.3 Å². The molecule has 15 heavy (non-hydrogen) atoms. The first kappa shape index (κ1) is 13.0. The van der Waals surface area contributed by atoms with Crippen LogP contribution in [0.3, 0.4) is 0 Å². The molecule has 0 N–H and O–H groups in total. The van der Waals surface area contributed by atoms with Crippen molar-refractivity contribution in [1.29, 1.82) is 0 Å². The Morgan fingerprint density at radius 3 is 1.40 bits per heavy atom. The summed E-state index contributed by atoms with van der Waals surface area (Å²) >= 11 is 0. The van der Waals surface area contributed by atoms with Crippen LogP contribution in [-0.2, 0) is 0 Å². The van der Waals surface area contributed by atoms with Crippen molar-refractivity contribution in [2.45, 2.75) is 61.4 Å². The van der Waals surface area contributed by atoms with Crippen LogP contribution in [0.4, 0.5) is 0 Å². The molecule has 1 aliphatic heterocycles. The summed E-state index contributed by atoms with van der Waals surface area (Å²) in [5.74, 6) is 0. The smallest absolute Gasteiger partial charge is 0.00633 e. The highest BCUT2D eigenvalue weighted by Gasteiger charge is 2.57. The second-order valence-electron chi connectivity index (χ2n) is 7.58. The zero-order chi connectivity index (χ0) is 12.1. The minimum atomic E-state index is 0.399. The van der Waals surface area contributed by atoms with E-state index >= 15 is 0 Å². The standard InChI is InChI=1S/C14H29N/c1-11(2)15-9-14(10-15,12(3,4)5)13(6,7)8/h11H,9-10H2,1-8H3. The van der Waals surface area contributed by atoms with Gasteiger partial charge in [0.15, 0.2) is 0 Å². The molecule has 90 valence electrons. The maximum Gasteiger partial charge on any atom is 0.00633 e. The molecule has 0 aromatic carbocycles. The molecule has 0 bridgehead atoms. The maximum atomic E-state index is 2.59. The van der Waals surface area contributed by atoms with E-state index in [9.17, 15) is 0 Å². The fourth-order valence-corrected chi connectivity index (χ4v) is 3.09. The summed E-state index contributed by atoms with van der Waals surface area (Å²) in [6.45, 7) is 21.5. The summed E-state index contributed by atoms with van der Waals surface area (Å²) in [6, 6.07) is 0.697. The van der Waals surface area contributed by atoms with E-state index < -0.39 is 0 Å². The van der Waals surface area contributed by atoms with E-state index in [1.807, 2.05) is 0 Å². The maximum absolute atomic E-state index is 2.59. The van der Waals surface area contributed by atoms with Crippen molar-refractivity contribution in [3.8, 4) is 0 Å². The number of hydrogen-bond acceptors (Lipinski definition) is 1. The molecule has 1 aliphatic rings. The van der Waals surface area contributed by atoms with Gasteiger partial charge in [-0.2, -0.15) is 0 Å². The molecular weight excluding hydrogens is 182 g/mol. The van der Waals surface area contributed by atoms with Gasteiger partial charge in [0, 0.05) is 24.5 Å². The van der Waals surface area contributed by atoms with Crippen molar-refractivity contribution in [3.05, 3.63) is 0 Å². The first-order chi connectivity index (χ1) is 6.51. The lowest BCUT2D eigenvalue weighted by Crippen LogP contribution is -2.68. The Balaban J connectivity index is 2.88. The first-order valence-corrected chi connectivity index (χ1v) is 6.25. The van der Waals surface area contributed by atoms with Gasteiger partial charge in [-0.25, -0.2) is 0 Å². The van der Waals surface area contributed by atoms with Crippen molar-refractivity contribution in [3.63, 3.8) is 0 Å². The Kier molecular flexibility index (Phi) is 3.02. The van der Waals surface area contributed by atoms with E-state index in [1.54, 1.807) is 0 Å². The molecule has 1 heteroatoms. The van der Waals surface area contributed by atoms with Gasteiger partial charge in [0.1, 0.15) is 0 Å². The Hall–Kier alpha value is -0.0400. The summed E-state index contributed by atoms with van der Waals surface area (Å²) in [6.07, 6.45) is 0. The van der Waals surface area contributed by atoms with Crippen LogP contribution in [0.5, 0.6) is 0 Å². The van der Waals surface area contributed by atoms with Crippen LogP contribution in [-0.4, -0.2) is 24.0 Å². The van der Waals surface area contributed by atoms with Crippen LogP contribution in [0.1, 0.15) is 55.4 Å². The van der Waals surface area contributed by atoms with E-state index in [4.69, 9.17) is 0 Å². The normalized spacial score (nSPS) is 23.0. The monoisotopic (exact) mass is 211 g/mol. The molecule has 1 saturated heterocycles. The number of likely N-dealkylation sites (tertiary alicyclic amines) is 1. The van der Waals surface area contributed by atoms with Crippen molar-refractivity contribution in [2.24, 2.45) is 16.2 Å². The van der Waals surface area contributed by atoms with Crippen LogP contribution in [0.2, 0.25) is 0 Å². The molecular formula is C14H29N. The average Bonchev–Trinajstić information content (AvgIpc) is 1.73. The van der Waals surface area contributed by atoms with Gasteiger partial charge < -0.3 is 0 Å². The molecule has 0 aromatic rings. The zero-order valence-electron chi connectivity index (χ0n) is 11.9. The lowest BCUT2D eigenvalue weighted by Gasteiger charge is -2.65. The van der Waals surface area contributed by atoms with Crippen LogP contribution in [0, 0.1) is 16.2 Å². The second kappa shape index (κ2) is 3.48. The van der Waals surface area contributed by atoms with E-state index in [1.165, 1.54) is 13.1 Å². The summed E-state index contributed by atoms with van der Waals surface area (Å²) in [4.78, 5) is 2.59. The summed E-state index contributed by atoms with van der Waals surface area (Å²) in [5, 5.41) is 0. The van der Waals surface area contributed by atoms with Gasteiger partial charge in [-0.15, -0.1) is 0 Å². The van der Waals surface area contributed by atoms with Gasteiger partial charge in [-0.3, -0.25) is 4.90 Å². The first-order valence-electron chi connectivity index (χ1n) is 6.25. The number of rotatable bonds is 1. The van der Waals surface area contributed by atoms with Gasteiger partial charge in [-0.05, 0) is 24.7 Å². The van der Waals surface area contributed by atoms with Crippen LogP contribution in [0.15, 0.2) is 0 Å². The molecule has 0 radical (unpaired) electrons. The number of nitrogens with zero attached hydrogens (tertiary/aromatic N) is 1. The predicted octanol–water partition coefficient (Wildman–Crippen LogP) is 3.79. The molecule has 1 nitrogen and oxygen atoms in total. The molecule has 0 spiro atoms. The van der Waals surface area contributed by atoms with Crippen molar-refractivity contribution >= 4 is 0 Å². The quantitative estimate of drug-likeness (QED) is 0.638. The third-order valence-electron chi connectivity index (χ3n) is 4.55. The van der Waals surface area contributed by atoms with Crippen LogP contribution in [0.25, 0.3) is 0 Å². The Morgan fingerprint density at radius 1 is 0.867 bits per heavy atom. The van der Waals surface area contributed by atoms with E-state index in [-0.39, 0.29) is 0 Å². The highest BCUT2D eigenvalue weighted by Crippen LogP contribution is 2.57. The molecule has 0 aliphatic carbocycles. The molecule has 0 atom stereocenters. The molecule has 0 saturated carbocycles. The van der Waals surface area contributed by atoms with Crippen molar-refractivity contribution in [1.82, 2.24) is 4.90 Å². The fraction of sp³-hybridized carbons (Fsp3) is 1.00. The summed E-state index contributed by atoms with van der Waals surface area (Å²) in [5.41, 5.74) is 1.28. The lowest BCUT2D eigenvalue weighted by molar-refractivity contribution is -0.162. The number of hydrogen-bond donors (Lipinski definition) is 0.